The van der Waals surface area contributed by atoms with Gasteiger partial charge in [-0.15, -0.1) is 0 Å². The van der Waals surface area contributed by atoms with E-state index in [0.29, 0.717) is 6.42 Å². The summed E-state index contributed by atoms with van der Waals surface area (Å²) in [5, 5.41) is 0. The quantitative estimate of drug-likeness (QED) is 0.624. The molecule has 2 nitrogen and oxygen atoms in total. The van der Waals surface area contributed by atoms with E-state index >= 15 is 0 Å². The van der Waals surface area contributed by atoms with Crippen LogP contribution in [0.3, 0.4) is 0 Å². The molecule has 0 radical (unpaired) electrons. The van der Waals surface area contributed by atoms with Crippen molar-refractivity contribution in [1.82, 2.24) is 0 Å². The Morgan fingerprint density at radius 3 is 2.57 bits per heavy atom. The highest BCUT2D eigenvalue weighted by Crippen LogP contribution is 2.28. The molecule has 0 saturated heterocycles. The average molecular weight is 189 g/mol. The van der Waals surface area contributed by atoms with Gasteiger partial charge in [0.15, 0.2) is 5.78 Å². The molecule has 0 saturated carbocycles. The van der Waals surface area contributed by atoms with Crippen molar-refractivity contribution in [3.63, 3.8) is 0 Å². The fourth-order valence-corrected chi connectivity index (χ4v) is 1.86. The number of rotatable bonds is 0. The molecule has 0 N–H and O–H groups in total. The van der Waals surface area contributed by atoms with Crippen LogP contribution in [0, 0.1) is 13.8 Å². The van der Waals surface area contributed by atoms with Gasteiger partial charge < -0.3 is 4.90 Å². The smallest absolute Gasteiger partial charge is 0.166 e. The predicted octanol–water partition coefficient (Wildman–Crippen LogP) is 2.33. The number of carbonyl (C=O) groups is 1. The summed E-state index contributed by atoms with van der Waals surface area (Å²) in [7, 11) is 2.04. The average Bonchev–Trinajstić information content (AvgIpc) is 2.15. The Morgan fingerprint density at radius 1 is 1.21 bits per heavy atom. The van der Waals surface area contributed by atoms with Gasteiger partial charge in [0.2, 0.25) is 0 Å². The first-order chi connectivity index (χ1) is 6.59. The maximum atomic E-state index is 11.7. The Kier molecular flexibility index (Phi) is 2.06. The number of nitrogens with zero attached hydrogens (tertiary/aromatic N) is 1. The molecule has 2 heteroatoms. The highest BCUT2D eigenvalue weighted by atomic mass is 16.1. The second-order valence-corrected chi connectivity index (χ2v) is 4.05. The zero-order valence-corrected chi connectivity index (χ0v) is 8.92. The number of benzene rings is 1. The number of hydrogen-bond acceptors (Lipinski definition) is 2. The third-order valence-electron chi connectivity index (χ3n) is 3.00. The Labute approximate surface area is 84.5 Å². The molecule has 0 aliphatic carbocycles. The molecule has 1 aliphatic rings. The number of anilines is 1. The lowest BCUT2D eigenvalue weighted by molar-refractivity contribution is 0.0980. The van der Waals surface area contributed by atoms with E-state index in [4.69, 9.17) is 0 Å². The van der Waals surface area contributed by atoms with Crippen LogP contribution in [0.25, 0.3) is 0 Å². The molecule has 0 spiro atoms. The zero-order valence-electron chi connectivity index (χ0n) is 8.92. The van der Waals surface area contributed by atoms with Gasteiger partial charge in [-0.3, -0.25) is 4.79 Å². The van der Waals surface area contributed by atoms with Crippen LogP contribution in [-0.2, 0) is 0 Å². The summed E-state index contributed by atoms with van der Waals surface area (Å²) in [5.74, 6) is 0.279. The largest absolute Gasteiger partial charge is 0.374 e. The van der Waals surface area contributed by atoms with Crippen LogP contribution in [0.15, 0.2) is 12.1 Å². The Bertz CT molecular complexity index is 396. The van der Waals surface area contributed by atoms with Crippen molar-refractivity contribution >= 4 is 11.5 Å². The summed E-state index contributed by atoms with van der Waals surface area (Å²) in [5.41, 5.74) is 4.43. The van der Waals surface area contributed by atoms with Crippen molar-refractivity contribution < 1.29 is 4.79 Å². The maximum Gasteiger partial charge on any atom is 0.166 e. The Hall–Kier alpha value is -1.31. The first kappa shape index (κ1) is 9.25. The summed E-state index contributed by atoms with van der Waals surface area (Å²) in [6.45, 7) is 4.98. The lowest BCUT2D eigenvalue weighted by atomic mass is 9.96. The molecule has 0 unspecified atom stereocenters. The van der Waals surface area contributed by atoms with E-state index in [1.165, 1.54) is 11.1 Å². The van der Waals surface area contributed by atoms with Gasteiger partial charge in [-0.25, -0.2) is 0 Å². The van der Waals surface area contributed by atoms with E-state index < -0.39 is 0 Å². The highest BCUT2D eigenvalue weighted by molar-refractivity contribution is 6.03. The van der Waals surface area contributed by atoms with Crippen LogP contribution >= 0.6 is 0 Å². The highest BCUT2D eigenvalue weighted by Gasteiger charge is 2.20. The first-order valence-corrected chi connectivity index (χ1v) is 4.95. The van der Waals surface area contributed by atoms with Crippen molar-refractivity contribution in [2.24, 2.45) is 0 Å². The van der Waals surface area contributed by atoms with Gasteiger partial charge in [-0.2, -0.15) is 0 Å². The molecule has 1 aromatic rings. The van der Waals surface area contributed by atoms with E-state index in [2.05, 4.69) is 24.8 Å². The summed E-state index contributed by atoms with van der Waals surface area (Å²) in [4.78, 5) is 13.8. The molecule has 0 fully saturated rings. The lowest BCUT2D eigenvalue weighted by Crippen LogP contribution is -2.28. The maximum absolute atomic E-state index is 11.7. The third-order valence-corrected chi connectivity index (χ3v) is 3.00. The molecule has 0 bridgehead atoms. The molecule has 1 aliphatic heterocycles. The number of Topliss-reactive ketones (excluding diaryl/α,β-unsaturated/α-hetero) is 1. The van der Waals surface area contributed by atoms with Gasteiger partial charge >= 0.3 is 0 Å². The number of ketones is 1. The fourth-order valence-electron chi connectivity index (χ4n) is 1.86. The monoisotopic (exact) mass is 189 g/mol. The van der Waals surface area contributed by atoms with Crippen LogP contribution in [0.4, 0.5) is 5.69 Å². The minimum Gasteiger partial charge on any atom is -0.374 e. The summed E-state index contributed by atoms with van der Waals surface area (Å²) < 4.78 is 0. The number of aryl methyl sites for hydroxylation is 2. The van der Waals surface area contributed by atoms with Gasteiger partial charge in [0, 0.05) is 31.3 Å². The normalized spacial score (nSPS) is 15.6. The lowest BCUT2D eigenvalue weighted by Gasteiger charge is -2.27. The van der Waals surface area contributed by atoms with Crippen LogP contribution in [0.5, 0.6) is 0 Å². The van der Waals surface area contributed by atoms with Crippen LogP contribution in [0.2, 0.25) is 0 Å². The molecule has 1 heterocycles. The van der Waals surface area contributed by atoms with Crippen molar-refractivity contribution in [1.29, 1.82) is 0 Å². The van der Waals surface area contributed by atoms with Gasteiger partial charge in [0.1, 0.15) is 0 Å². The summed E-state index contributed by atoms with van der Waals surface area (Å²) >= 11 is 0. The van der Waals surface area contributed by atoms with Crippen LogP contribution in [-0.4, -0.2) is 19.4 Å². The fraction of sp³-hybridized carbons (Fsp3) is 0.417. The molecular formula is C12H15NO. The first-order valence-electron chi connectivity index (χ1n) is 4.95. The number of hydrogen-bond donors (Lipinski definition) is 0. The van der Waals surface area contributed by atoms with E-state index in [0.717, 1.165) is 17.8 Å². The molecule has 14 heavy (non-hydrogen) atoms. The minimum absolute atomic E-state index is 0.279. The van der Waals surface area contributed by atoms with Gasteiger partial charge in [-0.1, -0.05) is 0 Å². The summed E-state index contributed by atoms with van der Waals surface area (Å²) in [6, 6.07) is 4.13. The van der Waals surface area contributed by atoms with Crippen molar-refractivity contribution in [2.45, 2.75) is 20.3 Å². The summed E-state index contributed by atoms with van der Waals surface area (Å²) in [6.07, 6.45) is 0.645. The molecule has 74 valence electrons. The van der Waals surface area contributed by atoms with Crippen molar-refractivity contribution in [3.05, 3.63) is 28.8 Å². The van der Waals surface area contributed by atoms with Crippen LogP contribution in [0.1, 0.15) is 27.9 Å². The second-order valence-electron chi connectivity index (χ2n) is 4.05. The second kappa shape index (κ2) is 3.12. The van der Waals surface area contributed by atoms with E-state index in [9.17, 15) is 4.79 Å². The number of fused-ring (bicyclic) bond motifs is 1. The molecule has 0 atom stereocenters. The Morgan fingerprint density at radius 2 is 1.86 bits per heavy atom. The predicted molar refractivity (Wildman–Crippen MR) is 58.1 cm³/mol. The van der Waals surface area contributed by atoms with Crippen molar-refractivity contribution in [2.75, 3.05) is 18.5 Å². The van der Waals surface area contributed by atoms with Crippen molar-refractivity contribution in [3.8, 4) is 0 Å². The molecular weight excluding hydrogens is 174 g/mol. The van der Waals surface area contributed by atoms with Crippen LogP contribution < -0.4 is 4.90 Å². The topological polar surface area (TPSA) is 20.3 Å². The molecule has 0 aromatic heterocycles. The third kappa shape index (κ3) is 1.31. The van der Waals surface area contributed by atoms with E-state index in [-0.39, 0.29) is 5.78 Å². The Balaban J connectivity index is 2.62. The zero-order chi connectivity index (χ0) is 10.3. The van der Waals surface area contributed by atoms with Gasteiger partial charge in [0.25, 0.3) is 0 Å². The van der Waals surface area contributed by atoms with Gasteiger partial charge in [0.05, 0.1) is 0 Å². The molecule has 2 rings (SSSR count). The van der Waals surface area contributed by atoms with E-state index in [1.54, 1.807) is 0 Å². The number of carbonyl (C=O) groups excluding carboxylic acids is 1. The minimum atomic E-state index is 0.279. The standard InChI is InChI=1S/C12H15NO/c1-8-6-10-11(7-9(8)2)13(3)5-4-12(10)14/h6-7H,4-5H2,1-3H3. The molecule has 0 amide bonds. The van der Waals surface area contributed by atoms with Gasteiger partial charge in [-0.05, 0) is 37.1 Å². The van der Waals surface area contributed by atoms with E-state index in [1.807, 2.05) is 13.1 Å². The molecule has 1 aromatic carbocycles. The SMILES string of the molecule is Cc1cc2c(cc1C)N(C)CCC2=O.